The highest BCUT2D eigenvalue weighted by atomic mass is 16.4. The van der Waals surface area contributed by atoms with E-state index in [1.54, 1.807) is 0 Å². The molecule has 0 radical (unpaired) electrons. The zero-order valence-electron chi connectivity index (χ0n) is 11.2. The topological polar surface area (TPSA) is 121 Å². The van der Waals surface area contributed by atoms with E-state index >= 15 is 0 Å². The van der Waals surface area contributed by atoms with Crippen LogP contribution >= 0.6 is 0 Å². The maximum absolute atomic E-state index is 12.4. The number of likely N-dealkylation sites (tertiary alicyclic amines) is 1. The number of carboxylic acid groups (broad SMARTS) is 2. The molecule has 1 amide bonds. The Morgan fingerprint density at radius 3 is 2.10 bits per heavy atom. The van der Waals surface area contributed by atoms with Gasteiger partial charge in [-0.1, -0.05) is 12.8 Å². The second-order valence-corrected chi connectivity index (χ2v) is 5.79. The van der Waals surface area contributed by atoms with Gasteiger partial charge < -0.3 is 20.8 Å². The number of hydrogen-bond donors (Lipinski definition) is 3. The molecule has 7 nitrogen and oxygen atoms in total. The van der Waals surface area contributed by atoms with Crippen molar-refractivity contribution in [2.45, 2.75) is 37.6 Å². The second-order valence-electron chi connectivity index (χ2n) is 5.79. The quantitative estimate of drug-likeness (QED) is 0.665. The predicted octanol–water partition coefficient (Wildman–Crippen LogP) is -0.108. The summed E-state index contributed by atoms with van der Waals surface area (Å²) < 4.78 is 0. The Balaban J connectivity index is 2.10. The van der Waals surface area contributed by atoms with E-state index in [9.17, 15) is 14.4 Å². The van der Waals surface area contributed by atoms with Crippen molar-refractivity contribution in [2.75, 3.05) is 13.1 Å². The third-order valence-electron chi connectivity index (χ3n) is 4.46. The zero-order chi connectivity index (χ0) is 14.9. The molecule has 2 aliphatic rings. The van der Waals surface area contributed by atoms with Crippen LogP contribution in [0.4, 0.5) is 0 Å². The van der Waals surface area contributed by atoms with Crippen molar-refractivity contribution in [3.05, 3.63) is 0 Å². The molecule has 2 atom stereocenters. The molecule has 1 saturated heterocycles. The van der Waals surface area contributed by atoms with Crippen LogP contribution in [0, 0.1) is 11.8 Å². The zero-order valence-corrected chi connectivity index (χ0v) is 11.2. The molecular formula is C13H20N2O5. The average molecular weight is 284 g/mol. The lowest BCUT2D eigenvalue weighted by atomic mass is 9.84. The van der Waals surface area contributed by atoms with Gasteiger partial charge in [0.05, 0.1) is 17.4 Å². The summed E-state index contributed by atoms with van der Waals surface area (Å²) in [6, 6.07) is 0. The lowest BCUT2D eigenvalue weighted by Gasteiger charge is -2.38. The summed E-state index contributed by atoms with van der Waals surface area (Å²) in [5, 5.41) is 18.2. The van der Waals surface area contributed by atoms with E-state index in [0.717, 1.165) is 12.8 Å². The van der Waals surface area contributed by atoms with Crippen LogP contribution in [0.3, 0.4) is 0 Å². The summed E-state index contributed by atoms with van der Waals surface area (Å²) in [6.45, 7) is 0.197. The van der Waals surface area contributed by atoms with E-state index in [1.807, 2.05) is 0 Å². The third kappa shape index (κ3) is 2.63. The molecule has 2 rings (SSSR count). The molecule has 0 spiro atoms. The molecule has 2 fully saturated rings. The van der Waals surface area contributed by atoms with Gasteiger partial charge in [0, 0.05) is 13.1 Å². The number of carbonyl (C=O) groups is 3. The van der Waals surface area contributed by atoms with Crippen LogP contribution in [0.25, 0.3) is 0 Å². The van der Waals surface area contributed by atoms with Crippen LogP contribution in [0.15, 0.2) is 0 Å². The molecule has 4 N–H and O–H groups in total. The minimum atomic E-state index is -1.17. The molecular weight excluding hydrogens is 264 g/mol. The van der Waals surface area contributed by atoms with Crippen molar-refractivity contribution >= 4 is 17.8 Å². The van der Waals surface area contributed by atoms with Crippen molar-refractivity contribution in [3.63, 3.8) is 0 Å². The van der Waals surface area contributed by atoms with Gasteiger partial charge in [-0.25, -0.2) is 0 Å². The fraction of sp³-hybridized carbons (Fsp3) is 0.769. The third-order valence-corrected chi connectivity index (χ3v) is 4.46. The van der Waals surface area contributed by atoms with Crippen LogP contribution in [-0.2, 0) is 14.4 Å². The Labute approximate surface area is 116 Å². The lowest BCUT2D eigenvalue weighted by Crippen LogP contribution is -2.58. The van der Waals surface area contributed by atoms with E-state index in [0.29, 0.717) is 12.8 Å². The SMILES string of the molecule is NC1(C(=O)N2CCC(C(=O)O)C(C(=O)O)C2)CCCC1. The van der Waals surface area contributed by atoms with Crippen LogP contribution in [0.2, 0.25) is 0 Å². The van der Waals surface area contributed by atoms with Crippen molar-refractivity contribution in [2.24, 2.45) is 17.6 Å². The summed E-state index contributed by atoms with van der Waals surface area (Å²) >= 11 is 0. The first-order chi connectivity index (χ1) is 9.35. The van der Waals surface area contributed by atoms with Crippen molar-refractivity contribution in [1.29, 1.82) is 0 Å². The first-order valence-electron chi connectivity index (χ1n) is 6.89. The van der Waals surface area contributed by atoms with Gasteiger partial charge in [-0.2, -0.15) is 0 Å². The van der Waals surface area contributed by atoms with E-state index in [-0.39, 0.29) is 25.4 Å². The largest absolute Gasteiger partial charge is 0.481 e. The highest BCUT2D eigenvalue weighted by Crippen LogP contribution is 2.32. The number of carboxylic acids is 2. The Morgan fingerprint density at radius 1 is 1.05 bits per heavy atom. The Hall–Kier alpha value is -1.63. The van der Waals surface area contributed by atoms with Gasteiger partial charge >= 0.3 is 11.9 Å². The summed E-state index contributed by atoms with van der Waals surface area (Å²) in [7, 11) is 0. The van der Waals surface area contributed by atoms with Gasteiger partial charge in [0.1, 0.15) is 0 Å². The van der Waals surface area contributed by atoms with E-state index in [2.05, 4.69) is 0 Å². The summed E-state index contributed by atoms with van der Waals surface area (Å²) in [4.78, 5) is 36.1. The van der Waals surface area contributed by atoms with Crippen LogP contribution in [-0.4, -0.2) is 51.6 Å². The molecule has 7 heteroatoms. The van der Waals surface area contributed by atoms with E-state index in [4.69, 9.17) is 15.9 Å². The first-order valence-corrected chi connectivity index (χ1v) is 6.89. The molecule has 2 unspecified atom stereocenters. The van der Waals surface area contributed by atoms with E-state index in [1.165, 1.54) is 4.90 Å². The monoisotopic (exact) mass is 284 g/mol. The average Bonchev–Trinajstić information content (AvgIpc) is 2.85. The van der Waals surface area contributed by atoms with E-state index < -0.39 is 29.3 Å². The number of rotatable bonds is 3. The van der Waals surface area contributed by atoms with Crippen molar-refractivity contribution in [3.8, 4) is 0 Å². The summed E-state index contributed by atoms with van der Waals surface area (Å²) in [5.41, 5.74) is 5.20. The number of carbonyl (C=O) groups excluding carboxylic acids is 1. The fourth-order valence-corrected chi connectivity index (χ4v) is 3.22. The molecule has 0 aromatic rings. The molecule has 0 aromatic carbocycles. The summed E-state index contributed by atoms with van der Waals surface area (Å²) in [5.74, 6) is -4.52. The number of hydrogen-bond acceptors (Lipinski definition) is 4. The van der Waals surface area contributed by atoms with Crippen LogP contribution in [0.5, 0.6) is 0 Å². The fourth-order valence-electron chi connectivity index (χ4n) is 3.22. The smallest absolute Gasteiger partial charge is 0.309 e. The highest BCUT2D eigenvalue weighted by molar-refractivity contribution is 5.88. The second kappa shape index (κ2) is 5.40. The molecule has 0 bridgehead atoms. The van der Waals surface area contributed by atoms with Gasteiger partial charge in [0.2, 0.25) is 5.91 Å². The molecule has 1 heterocycles. The number of amides is 1. The van der Waals surface area contributed by atoms with Gasteiger partial charge in [0.15, 0.2) is 0 Å². The molecule has 1 aliphatic carbocycles. The Morgan fingerprint density at radius 2 is 1.60 bits per heavy atom. The maximum Gasteiger partial charge on any atom is 0.309 e. The number of nitrogens with zero attached hydrogens (tertiary/aromatic N) is 1. The van der Waals surface area contributed by atoms with Gasteiger partial charge in [-0.15, -0.1) is 0 Å². The highest BCUT2D eigenvalue weighted by Gasteiger charge is 2.45. The normalized spacial score (nSPS) is 29.1. The maximum atomic E-state index is 12.4. The van der Waals surface area contributed by atoms with Crippen molar-refractivity contribution in [1.82, 2.24) is 4.90 Å². The van der Waals surface area contributed by atoms with Crippen LogP contribution < -0.4 is 5.73 Å². The minimum Gasteiger partial charge on any atom is -0.481 e. The van der Waals surface area contributed by atoms with Gasteiger partial charge in [-0.3, -0.25) is 14.4 Å². The first kappa shape index (κ1) is 14.8. The van der Waals surface area contributed by atoms with Crippen molar-refractivity contribution < 1.29 is 24.6 Å². The molecule has 1 aliphatic heterocycles. The lowest BCUT2D eigenvalue weighted by molar-refractivity contribution is -0.160. The number of piperidine rings is 1. The molecule has 112 valence electrons. The molecule has 20 heavy (non-hydrogen) atoms. The minimum absolute atomic E-state index is 0.0654. The predicted molar refractivity (Wildman–Crippen MR) is 68.8 cm³/mol. The summed E-state index contributed by atoms with van der Waals surface area (Å²) in [6.07, 6.45) is 3.19. The van der Waals surface area contributed by atoms with Gasteiger partial charge in [0.25, 0.3) is 0 Å². The molecule has 0 aromatic heterocycles. The Kier molecular flexibility index (Phi) is 3.99. The standard InChI is InChI=1S/C13H20N2O5/c14-13(4-1-2-5-13)12(20)15-6-3-8(10(16)17)9(7-15)11(18)19/h8-9H,1-7,14H2,(H,16,17)(H,18,19). The number of nitrogens with two attached hydrogens (primary N) is 1. The van der Waals surface area contributed by atoms with Crippen LogP contribution in [0.1, 0.15) is 32.1 Å². The van der Waals surface area contributed by atoms with Gasteiger partial charge in [-0.05, 0) is 19.3 Å². The Bertz CT molecular complexity index is 430. The number of aliphatic carboxylic acids is 2. The molecule has 1 saturated carbocycles.